The van der Waals surface area contributed by atoms with Gasteiger partial charge in [-0.15, -0.1) is 0 Å². The van der Waals surface area contributed by atoms with E-state index in [0.29, 0.717) is 22.0 Å². The van der Waals surface area contributed by atoms with Crippen LogP contribution in [0.15, 0.2) is 60.9 Å². The van der Waals surface area contributed by atoms with Gasteiger partial charge in [-0.25, -0.2) is 4.98 Å². The number of amides is 1. The number of nitrogens with one attached hydrogen (secondary N) is 1. The third-order valence-corrected chi connectivity index (χ3v) is 4.12. The monoisotopic (exact) mass is 350 g/mol. The molecule has 0 unspecified atom stereocenters. The summed E-state index contributed by atoms with van der Waals surface area (Å²) in [5.41, 5.74) is 1.86. The predicted octanol–water partition coefficient (Wildman–Crippen LogP) is 3.46. The molecule has 0 saturated carbocycles. The minimum Gasteiger partial charge on any atom is -0.338 e. The Morgan fingerprint density at radius 2 is 1.88 bits per heavy atom. The molecule has 5 nitrogen and oxygen atoms in total. The maximum absolute atomic E-state index is 12.6. The maximum atomic E-state index is 12.6. The van der Waals surface area contributed by atoms with Crippen LogP contribution >= 0.6 is 11.6 Å². The van der Waals surface area contributed by atoms with Crippen LogP contribution in [0.3, 0.4) is 0 Å². The van der Waals surface area contributed by atoms with Gasteiger partial charge in [0.25, 0.3) is 5.91 Å². The molecule has 124 valence electrons. The normalized spacial score (nSPS) is 11.6. The molecule has 0 bridgehead atoms. The number of imidazole rings is 1. The zero-order valence-corrected chi connectivity index (χ0v) is 14.2. The lowest BCUT2D eigenvalue weighted by Gasteiger charge is -2.19. The summed E-state index contributed by atoms with van der Waals surface area (Å²) in [5, 5.41) is 12.5. The number of nitriles is 1. The molecule has 1 heterocycles. The zero-order chi connectivity index (χ0) is 17.8. The van der Waals surface area contributed by atoms with Gasteiger partial charge in [0.2, 0.25) is 0 Å². The highest BCUT2D eigenvalue weighted by molar-refractivity contribution is 6.30. The number of carbonyl (C=O) groups excluding carboxylic acids is 1. The standard InChI is InChI=1S/C19H15ClN4O/c1-24-11-10-22-18(24)17(14-6-8-16(20)9-7-14)23-19(25)15-4-2-13(12-21)3-5-15/h2-11,17H,1H3,(H,23,25)/t17-/m1/s1. The fourth-order valence-electron chi connectivity index (χ4n) is 2.52. The van der Waals surface area contributed by atoms with Crippen molar-refractivity contribution in [2.24, 2.45) is 7.05 Å². The minimum absolute atomic E-state index is 0.243. The summed E-state index contributed by atoms with van der Waals surface area (Å²) in [4.78, 5) is 17.0. The average molecular weight is 351 g/mol. The summed E-state index contributed by atoms with van der Waals surface area (Å²) < 4.78 is 1.86. The Labute approximate surface area is 150 Å². The second-order valence-electron chi connectivity index (χ2n) is 5.54. The van der Waals surface area contributed by atoms with Crippen LogP contribution in [0.2, 0.25) is 5.02 Å². The summed E-state index contributed by atoms with van der Waals surface area (Å²) in [6, 6.07) is 15.4. The van der Waals surface area contributed by atoms with Crippen molar-refractivity contribution in [3.8, 4) is 6.07 Å². The number of benzene rings is 2. The largest absolute Gasteiger partial charge is 0.338 e. The number of hydrogen-bond donors (Lipinski definition) is 1. The molecule has 0 saturated heterocycles. The van der Waals surface area contributed by atoms with Crippen LogP contribution < -0.4 is 5.32 Å². The molecule has 1 N–H and O–H groups in total. The molecule has 3 rings (SSSR count). The third kappa shape index (κ3) is 3.70. The first-order chi connectivity index (χ1) is 12.1. The van der Waals surface area contributed by atoms with Crippen molar-refractivity contribution in [2.45, 2.75) is 6.04 Å². The molecule has 25 heavy (non-hydrogen) atoms. The lowest BCUT2D eigenvalue weighted by atomic mass is 10.0. The summed E-state index contributed by atoms with van der Waals surface area (Å²) in [7, 11) is 1.87. The summed E-state index contributed by atoms with van der Waals surface area (Å²) >= 11 is 5.97. The second-order valence-corrected chi connectivity index (χ2v) is 5.98. The summed E-state index contributed by atoms with van der Waals surface area (Å²) in [6.45, 7) is 0. The van der Waals surface area contributed by atoms with Crippen LogP contribution in [0, 0.1) is 11.3 Å². The topological polar surface area (TPSA) is 70.7 Å². The molecule has 3 aromatic rings. The fourth-order valence-corrected chi connectivity index (χ4v) is 2.64. The van der Waals surface area contributed by atoms with Gasteiger partial charge in [-0.3, -0.25) is 4.79 Å². The number of aryl methyl sites for hydroxylation is 1. The van der Waals surface area contributed by atoms with Gasteiger partial charge in [0, 0.05) is 30.0 Å². The first-order valence-corrected chi connectivity index (χ1v) is 8.00. The van der Waals surface area contributed by atoms with E-state index in [4.69, 9.17) is 16.9 Å². The summed E-state index contributed by atoms with van der Waals surface area (Å²) in [5.74, 6) is 0.469. The Bertz CT molecular complexity index is 923. The molecule has 0 aliphatic carbocycles. The van der Waals surface area contributed by atoms with E-state index in [0.717, 1.165) is 5.56 Å². The minimum atomic E-state index is -0.416. The lowest BCUT2D eigenvalue weighted by molar-refractivity contribution is 0.0941. The summed E-state index contributed by atoms with van der Waals surface area (Å²) in [6.07, 6.45) is 3.51. The van der Waals surface area contributed by atoms with Gasteiger partial charge in [0.05, 0.1) is 11.6 Å². The Balaban J connectivity index is 1.92. The van der Waals surface area contributed by atoms with Gasteiger partial charge < -0.3 is 9.88 Å². The molecular formula is C19H15ClN4O. The predicted molar refractivity (Wildman–Crippen MR) is 95.1 cm³/mol. The van der Waals surface area contributed by atoms with E-state index < -0.39 is 6.04 Å². The molecule has 0 aliphatic rings. The smallest absolute Gasteiger partial charge is 0.252 e. The van der Waals surface area contributed by atoms with E-state index in [2.05, 4.69) is 10.3 Å². The zero-order valence-electron chi connectivity index (χ0n) is 13.5. The van der Waals surface area contributed by atoms with Crippen LogP contribution in [0.4, 0.5) is 0 Å². The van der Waals surface area contributed by atoms with Crippen LogP contribution in [-0.4, -0.2) is 15.5 Å². The van der Waals surface area contributed by atoms with Crippen LogP contribution in [-0.2, 0) is 7.05 Å². The lowest BCUT2D eigenvalue weighted by Crippen LogP contribution is -2.31. The van der Waals surface area contributed by atoms with E-state index in [1.54, 1.807) is 42.6 Å². The molecule has 1 atom stereocenters. The van der Waals surface area contributed by atoms with Crippen molar-refractivity contribution < 1.29 is 4.79 Å². The van der Waals surface area contributed by atoms with Crippen LogP contribution in [0.25, 0.3) is 0 Å². The number of aromatic nitrogens is 2. The van der Waals surface area contributed by atoms with Gasteiger partial charge in [-0.1, -0.05) is 23.7 Å². The average Bonchev–Trinajstić information content (AvgIpc) is 3.06. The van der Waals surface area contributed by atoms with Crippen molar-refractivity contribution in [3.05, 3.63) is 88.5 Å². The number of nitrogens with zero attached hydrogens (tertiary/aromatic N) is 3. The maximum Gasteiger partial charge on any atom is 0.252 e. The molecule has 1 amide bonds. The molecule has 6 heteroatoms. The van der Waals surface area contributed by atoms with E-state index in [9.17, 15) is 4.79 Å². The second kappa shape index (κ2) is 7.20. The molecule has 2 aromatic carbocycles. The quantitative estimate of drug-likeness (QED) is 0.783. The van der Waals surface area contributed by atoms with Crippen molar-refractivity contribution >= 4 is 17.5 Å². The van der Waals surface area contributed by atoms with Gasteiger partial charge in [-0.05, 0) is 42.0 Å². The van der Waals surface area contributed by atoms with E-state index in [1.807, 2.05) is 36.0 Å². The first-order valence-electron chi connectivity index (χ1n) is 7.62. The van der Waals surface area contributed by atoms with Crippen molar-refractivity contribution in [1.82, 2.24) is 14.9 Å². The Morgan fingerprint density at radius 3 is 2.44 bits per heavy atom. The van der Waals surface area contributed by atoms with Gasteiger partial charge in [-0.2, -0.15) is 5.26 Å². The molecule has 0 aliphatic heterocycles. The SMILES string of the molecule is Cn1ccnc1[C@H](NC(=O)c1ccc(C#N)cc1)c1ccc(Cl)cc1. The van der Waals surface area contributed by atoms with E-state index >= 15 is 0 Å². The number of carbonyl (C=O) groups is 1. The number of rotatable bonds is 4. The molecule has 0 fully saturated rings. The van der Waals surface area contributed by atoms with E-state index in [-0.39, 0.29) is 5.91 Å². The van der Waals surface area contributed by atoms with Gasteiger partial charge >= 0.3 is 0 Å². The molecule has 0 spiro atoms. The number of hydrogen-bond acceptors (Lipinski definition) is 3. The Morgan fingerprint density at radius 1 is 1.20 bits per heavy atom. The molecule has 1 aromatic heterocycles. The first kappa shape index (κ1) is 16.7. The van der Waals surface area contributed by atoms with Crippen LogP contribution in [0.5, 0.6) is 0 Å². The van der Waals surface area contributed by atoms with Crippen molar-refractivity contribution in [2.75, 3.05) is 0 Å². The third-order valence-electron chi connectivity index (χ3n) is 3.87. The van der Waals surface area contributed by atoms with Gasteiger partial charge in [0.15, 0.2) is 0 Å². The van der Waals surface area contributed by atoms with Crippen molar-refractivity contribution in [3.63, 3.8) is 0 Å². The highest BCUT2D eigenvalue weighted by atomic mass is 35.5. The van der Waals surface area contributed by atoms with E-state index in [1.165, 1.54) is 0 Å². The highest BCUT2D eigenvalue weighted by Gasteiger charge is 2.21. The number of halogens is 1. The van der Waals surface area contributed by atoms with Crippen LogP contribution in [0.1, 0.15) is 33.4 Å². The molecule has 0 radical (unpaired) electrons. The molecular weight excluding hydrogens is 336 g/mol. The highest BCUT2D eigenvalue weighted by Crippen LogP contribution is 2.23. The van der Waals surface area contributed by atoms with Crippen molar-refractivity contribution in [1.29, 1.82) is 5.26 Å². The fraction of sp³-hybridized carbons (Fsp3) is 0.105. The Kier molecular flexibility index (Phi) is 4.82. The Hall–Kier alpha value is -3.10. The van der Waals surface area contributed by atoms with Gasteiger partial charge in [0.1, 0.15) is 11.9 Å².